The van der Waals surface area contributed by atoms with Gasteiger partial charge in [-0.1, -0.05) is 23.9 Å². The molecule has 1 N–H and O–H groups in total. The Hall–Kier alpha value is -1.45. The van der Waals surface area contributed by atoms with Crippen LogP contribution in [0.1, 0.15) is 38.7 Å². The number of rotatable bonds is 6. The summed E-state index contributed by atoms with van der Waals surface area (Å²) in [7, 11) is 0. The maximum Gasteiger partial charge on any atom is 0.416 e. The van der Waals surface area contributed by atoms with E-state index in [-0.39, 0.29) is 18.0 Å². The molecular weight excluding hydrogens is 473 g/mol. The van der Waals surface area contributed by atoms with Crippen molar-refractivity contribution < 1.29 is 23.0 Å². The average Bonchev–Trinajstić information content (AvgIpc) is 2.73. The van der Waals surface area contributed by atoms with Gasteiger partial charge in [0.25, 0.3) is 0 Å². The second kappa shape index (κ2) is 10.4. The van der Waals surface area contributed by atoms with Crippen LogP contribution in [-0.4, -0.2) is 48.1 Å². The number of alkyl halides is 3. The summed E-state index contributed by atoms with van der Waals surface area (Å²) >= 11 is 1.52. The van der Waals surface area contributed by atoms with Gasteiger partial charge in [0.2, 0.25) is 0 Å². The number of aliphatic hydroxyl groups is 1. The van der Waals surface area contributed by atoms with Crippen LogP contribution in [0.5, 0.6) is 0 Å². The lowest BCUT2D eigenvalue weighted by Crippen LogP contribution is -2.46. The summed E-state index contributed by atoms with van der Waals surface area (Å²) < 4.78 is 45.7. The molecule has 9 heteroatoms. The van der Waals surface area contributed by atoms with E-state index >= 15 is 0 Å². The number of hydrogen-bond acceptors (Lipinski definition) is 5. The van der Waals surface area contributed by atoms with Crippen LogP contribution in [0.25, 0.3) is 0 Å². The minimum absolute atomic E-state index is 0. The van der Waals surface area contributed by atoms with E-state index < -0.39 is 18.0 Å². The number of likely N-dealkylation sites (tertiary alicyclic amines) is 1. The molecule has 0 bridgehead atoms. The van der Waals surface area contributed by atoms with Gasteiger partial charge in [-0.25, -0.2) is 0 Å². The molecule has 33 heavy (non-hydrogen) atoms. The van der Waals surface area contributed by atoms with Crippen molar-refractivity contribution in [3.8, 4) is 0 Å². The van der Waals surface area contributed by atoms with Crippen LogP contribution in [0.15, 0.2) is 52.3 Å². The Kier molecular flexibility index (Phi) is 8.28. The number of halogens is 4. The second-order valence-electron chi connectivity index (χ2n) is 8.76. The van der Waals surface area contributed by atoms with Crippen molar-refractivity contribution in [1.29, 1.82) is 0 Å². The Labute approximate surface area is 203 Å². The number of nitrogens with zero attached hydrogens (tertiary/aromatic N) is 2. The summed E-state index contributed by atoms with van der Waals surface area (Å²) in [4.78, 5) is 6.30. The Bertz CT molecular complexity index is 950. The first-order valence-corrected chi connectivity index (χ1v) is 11.8. The van der Waals surface area contributed by atoms with Crippen molar-refractivity contribution in [3.63, 3.8) is 0 Å². The van der Waals surface area contributed by atoms with Crippen molar-refractivity contribution in [3.05, 3.63) is 48.0 Å². The third-order valence-corrected chi connectivity index (χ3v) is 7.31. The van der Waals surface area contributed by atoms with E-state index in [2.05, 4.69) is 4.90 Å². The number of aliphatic hydroxyl groups excluding tert-OH is 1. The van der Waals surface area contributed by atoms with Crippen LogP contribution >= 0.6 is 24.2 Å². The Morgan fingerprint density at radius 3 is 2.39 bits per heavy atom. The molecule has 1 fully saturated rings. The molecule has 2 aromatic carbocycles. The van der Waals surface area contributed by atoms with Crippen molar-refractivity contribution in [1.82, 2.24) is 4.90 Å². The topological polar surface area (TPSA) is 35.9 Å². The number of fused-ring (bicyclic) bond motifs is 2. The number of ether oxygens (including phenoxy) is 1. The fraction of sp³-hybridized carbons (Fsp3) is 0.500. The van der Waals surface area contributed by atoms with Crippen molar-refractivity contribution in [2.75, 3.05) is 31.1 Å². The molecule has 0 radical (unpaired) electrons. The molecule has 0 saturated carbocycles. The highest BCUT2D eigenvalue weighted by molar-refractivity contribution is 7.99. The maximum atomic E-state index is 13.4. The normalized spacial score (nSPS) is 18.8. The summed E-state index contributed by atoms with van der Waals surface area (Å²) in [6, 6.07) is 11.9. The van der Waals surface area contributed by atoms with Crippen LogP contribution in [-0.2, 0) is 10.9 Å². The molecule has 0 aliphatic carbocycles. The maximum absolute atomic E-state index is 13.4. The van der Waals surface area contributed by atoms with Crippen LogP contribution in [0.2, 0.25) is 0 Å². The minimum Gasteiger partial charge on any atom is -0.368 e. The first-order chi connectivity index (χ1) is 15.1. The summed E-state index contributed by atoms with van der Waals surface area (Å²) in [5, 5.41) is 9.54. The van der Waals surface area contributed by atoms with Gasteiger partial charge >= 0.3 is 6.18 Å². The Morgan fingerprint density at radius 1 is 1.06 bits per heavy atom. The number of hydrogen-bond donors (Lipinski definition) is 1. The lowest BCUT2D eigenvalue weighted by Gasteiger charge is -2.40. The van der Waals surface area contributed by atoms with E-state index in [1.165, 1.54) is 17.8 Å². The lowest BCUT2D eigenvalue weighted by molar-refractivity contribution is -0.184. The Balaban J connectivity index is 0.00000306. The molecule has 0 amide bonds. The SMILES string of the molecule is CC(O)OC1(C)CCN(CCCN2c3ccccc3Sc3ccc(C(F)(F)F)cc32)CC1.Cl. The van der Waals surface area contributed by atoms with Crippen LogP contribution in [0, 0.1) is 0 Å². The molecule has 0 aromatic heterocycles. The predicted octanol–water partition coefficient (Wildman–Crippen LogP) is 6.33. The number of para-hydroxylation sites is 1. The molecule has 2 aromatic rings. The minimum atomic E-state index is -4.36. The van der Waals surface area contributed by atoms with Gasteiger partial charge in [-0.2, -0.15) is 13.2 Å². The van der Waals surface area contributed by atoms with E-state index in [9.17, 15) is 18.3 Å². The highest BCUT2D eigenvalue weighted by atomic mass is 35.5. The highest BCUT2D eigenvalue weighted by Crippen LogP contribution is 2.49. The number of benzene rings is 2. The average molecular weight is 503 g/mol. The zero-order valence-electron chi connectivity index (χ0n) is 18.8. The third-order valence-electron chi connectivity index (χ3n) is 6.18. The first-order valence-electron chi connectivity index (χ1n) is 11.0. The molecule has 1 saturated heterocycles. The van der Waals surface area contributed by atoms with Crippen LogP contribution < -0.4 is 4.90 Å². The van der Waals surface area contributed by atoms with E-state index in [0.29, 0.717) is 12.2 Å². The molecule has 1 atom stereocenters. The van der Waals surface area contributed by atoms with Gasteiger partial charge in [0, 0.05) is 29.4 Å². The summed E-state index contributed by atoms with van der Waals surface area (Å²) in [6.45, 7) is 6.94. The third kappa shape index (κ3) is 6.17. The first kappa shape index (κ1) is 26.2. The monoisotopic (exact) mass is 502 g/mol. The fourth-order valence-electron chi connectivity index (χ4n) is 4.48. The largest absolute Gasteiger partial charge is 0.416 e. The zero-order valence-corrected chi connectivity index (χ0v) is 20.4. The summed E-state index contributed by atoms with van der Waals surface area (Å²) in [6.07, 6.45) is -2.61. The lowest BCUT2D eigenvalue weighted by atomic mass is 9.93. The van der Waals surface area contributed by atoms with E-state index in [1.807, 2.05) is 36.1 Å². The molecule has 182 valence electrons. The molecule has 2 heterocycles. The standard InChI is InChI=1S/C24H29F3N2O2S.ClH/c1-17(30)31-23(2)10-14-28(15-11-23)12-5-13-29-19-6-3-4-7-21(19)32-22-9-8-18(16-20(22)29)24(25,26)27;/h3-4,6-9,16-17,30H,5,10-15H2,1-2H3;1H. The van der Waals surface area contributed by atoms with E-state index in [0.717, 1.165) is 60.4 Å². The van der Waals surface area contributed by atoms with Crippen molar-refractivity contribution >= 4 is 35.5 Å². The second-order valence-corrected chi connectivity index (χ2v) is 9.85. The molecule has 4 rings (SSSR count). The molecule has 1 unspecified atom stereocenters. The van der Waals surface area contributed by atoms with Crippen molar-refractivity contribution in [2.24, 2.45) is 0 Å². The van der Waals surface area contributed by atoms with Gasteiger partial charge in [-0.05, 0) is 70.0 Å². The van der Waals surface area contributed by atoms with Gasteiger partial charge in [-0.3, -0.25) is 0 Å². The Morgan fingerprint density at radius 2 is 1.73 bits per heavy atom. The smallest absolute Gasteiger partial charge is 0.368 e. The summed E-state index contributed by atoms with van der Waals surface area (Å²) in [5.41, 5.74) is 0.663. The van der Waals surface area contributed by atoms with Gasteiger partial charge in [0.1, 0.15) is 0 Å². The predicted molar refractivity (Wildman–Crippen MR) is 128 cm³/mol. The fourth-order valence-corrected chi connectivity index (χ4v) is 5.55. The number of anilines is 2. The van der Waals surface area contributed by atoms with Gasteiger partial charge < -0.3 is 19.6 Å². The van der Waals surface area contributed by atoms with E-state index in [4.69, 9.17) is 4.74 Å². The van der Waals surface area contributed by atoms with Crippen molar-refractivity contribution in [2.45, 2.75) is 61.0 Å². The highest BCUT2D eigenvalue weighted by Gasteiger charge is 2.34. The molecular formula is C24H30ClF3N2O2S. The van der Waals surface area contributed by atoms with Gasteiger partial charge in [0.05, 0.1) is 22.5 Å². The van der Waals surface area contributed by atoms with E-state index in [1.54, 1.807) is 13.0 Å². The van der Waals surface area contributed by atoms with Gasteiger partial charge in [-0.15, -0.1) is 12.4 Å². The molecule has 0 spiro atoms. The molecule has 2 aliphatic heterocycles. The zero-order chi connectivity index (χ0) is 22.9. The van der Waals surface area contributed by atoms with Crippen LogP contribution in [0.4, 0.5) is 24.5 Å². The summed E-state index contributed by atoms with van der Waals surface area (Å²) in [5.74, 6) is 0. The molecule has 4 nitrogen and oxygen atoms in total. The van der Waals surface area contributed by atoms with Gasteiger partial charge in [0.15, 0.2) is 6.29 Å². The number of piperidine rings is 1. The molecule has 2 aliphatic rings. The quantitative estimate of drug-likeness (QED) is 0.467. The van der Waals surface area contributed by atoms with Crippen LogP contribution in [0.3, 0.4) is 0 Å².